The quantitative estimate of drug-likeness (QED) is 0.196. The van der Waals surface area contributed by atoms with Gasteiger partial charge in [-0.3, -0.25) is 0 Å². The molecule has 0 aromatic heterocycles. The predicted octanol–water partition coefficient (Wildman–Crippen LogP) is 6.26. The summed E-state index contributed by atoms with van der Waals surface area (Å²) >= 11 is 0. The van der Waals surface area contributed by atoms with Gasteiger partial charge in [-0.2, -0.15) is 0 Å². The minimum absolute atomic E-state index is 0.0273. The highest BCUT2D eigenvalue weighted by molar-refractivity contribution is 5.44. The van der Waals surface area contributed by atoms with Gasteiger partial charge in [0.1, 0.15) is 0 Å². The lowest BCUT2D eigenvalue weighted by Crippen LogP contribution is -2.01. The summed E-state index contributed by atoms with van der Waals surface area (Å²) in [6, 6.07) is 5.16. The minimum atomic E-state index is -0.272. The summed E-state index contributed by atoms with van der Waals surface area (Å²) in [6.45, 7) is 2.21. The highest BCUT2D eigenvalue weighted by atomic mass is 16.3. The van der Waals surface area contributed by atoms with Crippen LogP contribution in [-0.4, -0.2) is 21.4 Å². The van der Waals surface area contributed by atoms with Crippen molar-refractivity contribution in [2.45, 2.75) is 96.5 Å². The summed E-state index contributed by atoms with van der Waals surface area (Å²) in [6.07, 6.45) is 18.5. The number of benzene rings is 1. The Hall–Kier alpha value is -1.48. The second-order valence-electron chi connectivity index (χ2n) is 7.29. The Labute approximate surface area is 159 Å². The molecule has 0 amide bonds. The summed E-state index contributed by atoms with van der Waals surface area (Å²) in [5.41, 5.74) is 0.835. The van der Waals surface area contributed by atoms with Crippen LogP contribution in [-0.2, 0) is 6.42 Å². The van der Waals surface area contributed by atoms with E-state index in [4.69, 9.17) is 0 Å². The molecule has 0 radical (unpaired) electrons. The molecule has 0 aliphatic carbocycles. The Kier molecular flexibility index (Phi) is 12.7. The zero-order valence-electron chi connectivity index (χ0n) is 16.5. The molecule has 3 heteroatoms. The van der Waals surface area contributed by atoms with Crippen LogP contribution in [0.5, 0.6) is 11.5 Å². The van der Waals surface area contributed by atoms with Crippen LogP contribution in [0.2, 0.25) is 0 Å². The number of para-hydroxylation sites is 1. The van der Waals surface area contributed by atoms with E-state index in [1.165, 1.54) is 51.0 Å². The van der Waals surface area contributed by atoms with Crippen molar-refractivity contribution >= 4 is 0 Å². The summed E-state index contributed by atoms with van der Waals surface area (Å²) in [5.74, 6) is 0.00552. The molecule has 1 aromatic rings. The number of hydrogen-bond donors (Lipinski definition) is 3. The van der Waals surface area contributed by atoms with Gasteiger partial charge in [-0.05, 0) is 43.7 Å². The first-order valence-electron chi connectivity index (χ1n) is 10.5. The Balaban J connectivity index is 1.94. The molecular weight excluding hydrogens is 324 g/mol. The first-order chi connectivity index (χ1) is 12.6. The molecule has 0 saturated carbocycles. The highest BCUT2D eigenvalue weighted by Crippen LogP contribution is 2.29. The van der Waals surface area contributed by atoms with Crippen molar-refractivity contribution in [2.75, 3.05) is 0 Å². The first-order valence-corrected chi connectivity index (χ1v) is 10.5. The third kappa shape index (κ3) is 10.5. The highest BCUT2D eigenvalue weighted by Gasteiger charge is 2.05. The van der Waals surface area contributed by atoms with E-state index in [0.29, 0.717) is 0 Å². The van der Waals surface area contributed by atoms with E-state index in [2.05, 4.69) is 13.0 Å². The zero-order valence-corrected chi connectivity index (χ0v) is 16.5. The smallest absolute Gasteiger partial charge is 0.160 e. The Morgan fingerprint density at radius 1 is 0.885 bits per heavy atom. The van der Waals surface area contributed by atoms with E-state index in [-0.39, 0.29) is 17.6 Å². The molecule has 3 nitrogen and oxygen atoms in total. The van der Waals surface area contributed by atoms with Crippen LogP contribution in [0.15, 0.2) is 30.4 Å². The molecule has 148 valence electrons. The van der Waals surface area contributed by atoms with Gasteiger partial charge in [-0.15, -0.1) is 0 Å². The number of phenolic OH excluding ortho intramolecular Hbond substituents is 2. The third-order valence-corrected chi connectivity index (χ3v) is 4.88. The van der Waals surface area contributed by atoms with Crippen molar-refractivity contribution < 1.29 is 15.3 Å². The number of aryl methyl sites for hydroxylation is 1. The van der Waals surface area contributed by atoms with Crippen molar-refractivity contribution in [1.82, 2.24) is 0 Å². The molecule has 1 rings (SSSR count). The monoisotopic (exact) mass is 362 g/mol. The number of aliphatic hydroxyl groups excluding tert-OH is 1. The molecule has 0 bridgehead atoms. The topological polar surface area (TPSA) is 60.7 Å². The summed E-state index contributed by atoms with van der Waals surface area (Å²) in [7, 11) is 0. The third-order valence-electron chi connectivity index (χ3n) is 4.88. The maximum Gasteiger partial charge on any atom is 0.160 e. The van der Waals surface area contributed by atoms with Gasteiger partial charge in [0.2, 0.25) is 0 Å². The largest absolute Gasteiger partial charge is 0.504 e. The number of aromatic hydroxyl groups is 2. The van der Waals surface area contributed by atoms with Crippen LogP contribution in [0.25, 0.3) is 0 Å². The predicted molar refractivity (Wildman–Crippen MR) is 110 cm³/mol. The van der Waals surface area contributed by atoms with Gasteiger partial charge >= 0.3 is 0 Å². The molecule has 0 fully saturated rings. The van der Waals surface area contributed by atoms with Crippen molar-refractivity contribution in [1.29, 1.82) is 0 Å². The van der Waals surface area contributed by atoms with Gasteiger partial charge in [0.15, 0.2) is 11.5 Å². The Morgan fingerprint density at radius 2 is 1.58 bits per heavy atom. The number of aliphatic hydroxyl groups is 1. The number of phenols is 2. The summed E-state index contributed by atoms with van der Waals surface area (Å²) in [4.78, 5) is 0. The Morgan fingerprint density at radius 3 is 2.31 bits per heavy atom. The van der Waals surface area contributed by atoms with Crippen LogP contribution in [0.1, 0.15) is 89.5 Å². The zero-order chi connectivity index (χ0) is 19.0. The van der Waals surface area contributed by atoms with Gasteiger partial charge in [-0.1, -0.05) is 82.6 Å². The summed E-state index contributed by atoms with van der Waals surface area (Å²) in [5, 5.41) is 29.1. The second-order valence-corrected chi connectivity index (χ2v) is 7.29. The maximum atomic E-state index is 9.90. The van der Waals surface area contributed by atoms with Crippen LogP contribution in [0.4, 0.5) is 0 Å². The molecular formula is C23H38O3. The molecule has 0 aliphatic heterocycles. The van der Waals surface area contributed by atoms with Crippen molar-refractivity contribution in [3.05, 3.63) is 35.9 Å². The SMILES string of the molecule is CCCCCC=CC(O)CCCCCCCCCc1cccc(O)c1O. The van der Waals surface area contributed by atoms with Gasteiger partial charge in [0.05, 0.1) is 6.10 Å². The fraction of sp³-hybridized carbons (Fsp3) is 0.652. The van der Waals surface area contributed by atoms with E-state index in [9.17, 15) is 15.3 Å². The minimum Gasteiger partial charge on any atom is -0.504 e. The normalized spacial score (nSPS) is 12.7. The van der Waals surface area contributed by atoms with Gasteiger partial charge < -0.3 is 15.3 Å². The van der Waals surface area contributed by atoms with Gasteiger partial charge in [0, 0.05) is 0 Å². The molecule has 26 heavy (non-hydrogen) atoms. The molecule has 1 aromatic carbocycles. The molecule has 3 N–H and O–H groups in total. The standard InChI is InChI=1S/C23H38O3/c1-2-3-4-8-12-17-21(24)18-13-10-7-5-6-9-11-15-20-16-14-19-22(25)23(20)26/h12,14,16-17,19,21,24-26H,2-11,13,15,18H2,1H3. The van der Waals surface area contributed by atoms with E-state index in [0.717, 1.165) is 44.1 Å². The van der Waals surface area contributed by atoms with Crippen molar-refractivity contribution in [3.8, 4) is 11.5 Å². The first kappa shape index (κ1) is 22.6. The molecule has 0 heterocycles. The lowest BCUT2D eigenvalue weighted by Gasteiger charge is -2.07. The van der Waals surface area contributed by atoms with Gasteiger partial charge in [-0.25, -0.2) is 0 Å². The van der Waals surface area contributed by atoms with Crippen LogP contribution in [0, 0.1) is 0 Å². The molecule has 0 spiro atoms. The van der Waals surface area contributed by atoms with Crippen LogP contribution < -0.4 is 0 Å². The molecule has 1 atom stereocenters. The van der Waals surface area contributed by atoms with E-state index in [1.54, 1.807) is 6.07 Å². The van der Waals surface area contributed by atoms with Crippen molar-refractivity contribution in [2.24, 2.45) is 0 Å². The number of unbranched alkanes of at least 4 members (excludes halogenated alkanes) is 9. The van der Waals surface area contributed by atoms with E-state index < -0.39 is 0 Å². The molecule has 1 unspecified atom stereocenters. The number of rotatable bonds is 15. The molecule has 0 aliphatic rings. The van der Waals surface area contributed by atoms with Gasteiger partial charge in [0.25, 0.3) is 0 Å². The average Bonchev–Trinajstić information content (AvgIpc) is 2.63. The lowest BCUT2D eigenvalue weighted by molar-refractivity contribution is 0.207. The number of hydrogen-bond acceptors (Lipinski definition) is 3. The van der Waals surface area contributed by atoms with E-state index >= 15 is 0 Å². The van der Waals surface area contributed by atoms with Crippen LogP contribution in [0.3, 0.4) is 0 Å². The average molecular weight is 363 g/mol. The van der Waals surface area contributed by atoms with E-state index in [1.807, 2.05) is 12.1 Å². The Bertz CT molecular complexity index is 496. The lowest BCUT2D eigenvalue weighted by atomic mass is 10.0. The molecule has 0 saturated heterocycles. The van der Waals surface area contributed by atoms with Crippen LogP contribution >= 0.6 is 0 Å². The fourth-order valence-electron chi connectivity index (χ4n) is 3.19. The maximum absolute atomic E-state index is 9.90. The second kappa shape index (κ2) is 14.7. The summed E-state index contributed by atoms with van der Waals surface area (Å²) < 4.78 is 0. The fourth-order valence-corrected chi connectivity index (χ4v) is 3.19. The number of allylic oxidation sites excluding steroid dienone is 1. The van der Waals surface area contributed by atoms with Crippen molar-refractivity contribution in [3.63, 3.8) is 0 Å².